The number of amides is 16. The third kappa shape index (κ3) is 34.8. The number of hydrogen-bond acceptors (Lipinski definition) is 23. The number of aliphatic hydroxyl groups is 1. The number of carbonyl (C=O) groups is 16. The molecule has 0 radical (unpaired) electrons. The highest BCUT2D eigenvalue weighted by Crippen LogP contribution is 2.36. The van der Waals surface area contributed by atoms with Crippen molar-refractivity contribution in [1.29, 1.82) is 0 Å². The molecule has 0 aliphatic carbocycles. The molecule has 111 heavy (non-hydrogen) atoms. The molecule has 1 aromatic rings. The highest BCUT2D eigenvalue weighted by atomic mass is 32.2. The zero-order valence-electron chi connectivity index (χ0n) is 61.5. The molecule has 618 valence electrons. The highest BCUT2D eigenvalue weighted by molar-refractivity contribution is 8.00. The Hall–Kier alpha value is -10.7. The number of carboxylic acid groups (broad SMARTS) is 1. The SMILES string of the molecule is CC(C)C[C@H](NC(=O)[C@H](C)NC(=O)[C@H](Cc1ccc(O)cc1)NC(=O)[C@H](CCCN=C(N)N)NC(=O)[C@@H]1CCCN1C(=O)[C@H](COP(=O)(O)O)NC(=O)[C@H](CCCN=C(N)N)NC(=O)CNC(=O)[C@H](CO)NC(=O)CNC(=O)[C@H](CCC(=O)O)NC(=O)CNC(=O)CNC(=O)CCCC[C@@H]1SC[C@@H]2NC(=O)N[C@@H]21)C(N)=O. The van der Waals surface area contributed by atoms with Crippen LogP contribution in [0.4, 0.5) is 4.79 Å². The number of urea groups is 1. The summed E-state index contributed by atoms with van der Waals surface area (Å²) in [6.45, 7) is -1.11. The molecule has 45 nitrogen and oxygen atoms in total. The summed E-state index contributed by atoms with van der Waals surface area (Å²) >= 11 is 1.73. The third-order valence-electron chi connectivity index (χ3n) is 17.1. The number of nitrogens with one attached hydrogen (secondary N) is 14. The molecule has 29 N–H and O–H groups in total. The summed E-state index contributed by atoms with van der Waals surface area (Å²) in [7, 11) is -5.46. The van der Waals surface area contributed by atoms with E-state index < -0.39 is 203 Å². The predicted molar refractivity (Wildman–Crippen MR) is 394 cm³/mol. The maximum Gasteiger partial charge on any atom is 0.469 e. The van der Waals surface area contributed by atoms with Crippen molar-refractivity contribution in [2.24, 2.45) is 44.6 Å². The van der Waals surface area contributed by atoms with Gasteiger partial charge in [0.25, 0.3) is 0 Å². The number of thioether (sulfide) groups is 1. The molecule has 0 saturated carbocycles. The smallest absolute Gasteiger partial charge is 0.469 e. The minimum Gasteiger partial charge on any atom is -0.508 e. The number of aliphatic hydroxyl groups excluding tert-OH is 1. The number of guanidine groups is 2. The fourth-order valence-corrected chi connectivity index (χ4v) is 13.4. The lowest BCUT2D eigenvalue weighted by Crippen LogP contribution is -2.60. The number of unbranched alkanes of at least 4 members (excludes halogenated alkanes) is 1. The van der Waals surface area contributed by atoms with Gasteiger partial charge >= 0.3 is 19.8 Å². The summed E-state index contributed by atoms with van der Waals surface area (Å²) in [5.41, 5.74) is 27.9. The average Bonchev–Trinajstić information content (AvgIpc) is 1.68. The van der Waals surface area contributed by atoms with Crippen molar-refractivity contribution in [1.82, 2.24) is 79.3 Å². The van der Waals surface area contributed by atoms with Gasteiger partial charge in [-0.2, -0.15) is 11.8 Å². The van der Waals surface area contributed by atoms with E-state index >= 15 is 0 Å². The van der Waals surface area contributed by atoms with Crippen molar-refractivity contribution in [3.05, 3.63) is 29.8 Å². The Kier molecular flexibility index (Phi) is 39.0. The molecule has 0 bridgehead atoms. The molecule has 16 amide bonds. The quantitative estimate of drug-likeness (QED) is 0.00947. The lowest BCUT2D eigenvalue weighted by atomic mass is 10.0. The normalized spacial score (nSPS) is 17.7. The molecule has 47 heteroatoms. The average molecular weight is 1610 g/mol. The number of rotatable bonds is 49. The number of phenolic OH excluding ortho intramolecular Hbond substituents is 1. The van der Waals surface area contributed by atoms with Gasteiger partial charge in [0.15, 0.2) is 11.9 Å². The second kappa shape index (κ2) is 46.7. The minimum absolute atomic E-state index is 0.0145. The number of benzene rings is 1. The Labute approximate surface area is 641 Å². The van der Waals surface area contributed by atoms with Gasteiger partial charge in [0, 0.05) is 49.9 Å². The maximum atomic E-state index is 14.6. The lowest BCUT2D eigenvalue weighted by molar-refractivity contribution is -0.143. The van der Waals surface area contributed by atoms with Crippen LogP contribution in [-0.4, -0.2) is 273 Å². The molecule has 3 aliphatic heterocycles. The monoisotopic (exact) mass is 1610 g/mol. The van der Waals surface area contributed by atoms with E-state index in [2.05, 4.69) is 88.9 Å². The Morgan fingerprint density at radius 2 is 1.13 bits per heavy atom. The zero-order valence-corrected chi connectivity index (χ0v) is 63.2. The second-order valence-electron chi connectivity index (χ2n) is 26.6. The van der Waals surface area contributed by atoms with Gasteiger partial charge in [-0.05, 0) is 94.7 Å². The Balaban J connectivity index is 1.40. The number of aliphatic carboxylic acids is 1. The van der Waals surface area contributed by atoms with Gasteiger partial charge in [-0.25, -0.2) is 9.36 Å². The van der Waals surface area contributed by atoms with Crippen LogP contribution in [-0.2, 0) is 87.4 Å². The molecule has 0 unspecified atom stereocenters. The van der Waals surface area contributed by atoms with Crippen LogP contribution in [0, 0.1) is 5.92 Å². The predicted octanol–water partition coefficient (Wildman–Crippen LogP) is -9.38. The van der Waals surface area contributed by atoms with Gasteiger partial charge in [0.05, 0.1) is 51.5 Å². The topological polar surface area (TPSA) is 727 Å². The molecular weight excluding hydrogens is 1510 g/mol. The molecule has 3 fully saturated rings. The number of nitrogens with two attached hydrogens (primary N) is 5. The van der Waals surface area contributed by atoms with Crippen LogP contribution in [0.25, 0.3) is 0 Å². The Bertz CT molecular complexity index is 3570. The van der Waals surface area contributed by atoms with Gasteiger partial charge < -0.3 is 133 Å². The second-order valence-corrected chi connectivity index (χ2v) is 29.1. The van der Waals surface area contributed by atoms with Crippen LogP contribution >= 0.6 is 19.6 Å². The van der Waals surface area contributed by atoms with E-state index in [1.165, 1.54) is 31.2 Å². The first-order valence-corrected chi connectivity index (χ1v) is 38.1. The van der Waals surface area contributed by atoms with Crippen molar-refractivity contribution in [3.63, 3.8) is 0 Å². The number of hydrogen-bond donors (Lipinski definition) is 24. The molecule has 1 aromatic carbocycles. The fourth-order valence-electron chi connectivity index (χ4n) is 11.5. The molecule has 3 heterocycles. The molecule has 4 rings (SSSR count). The van der Waals surface area contributed by atoms with Gasteiger partial charge in [-0.3, -0.25) is 86.4 Å². The van der Waals surface area contributed by atoms with Crippen LogP contribution < -0.4 is 103 Å². The van der Waals surface area contributed by atoms with Crippen molar-refractivity contribution in [2.75, 3.05) is 64.8 Å². The van der Waals surface area contributed by atoms with Crippen LogP contribution in [0.1, 0.15) is 110 Å². The number of carboxylic acids is 1. The molecule has 0 aromatic heterocycles. The number of primary amides is 1. The van der Waals surface area contributed by atoms with E-state index in [1.807, 2.05) is 0 Å². The molecule has 0 spiro atoms. The summed E-state index contributed by atoms with van der Waals surface area (Å²) in [5.74, 6) is -15.1. The number of phosphoric ester groups is 1. The molecular formula is C64H103N22O23PS. The summed E-state index contributed by atoms with van der Waals surface area (Å²) in [6.07, 6.45) is 0.163. The number of fused-ring (bicyclic) bond motifs is 1. The number of likely N-dealkylation sites (tertiary alicyclic amines) is 1. The summed E-state index contributed by atoms with van der Waals surface area (Å²) in [4.78, 5) is 239. The van der Waals surface area contributed by atoms with Gasteiger partial charge in [-0.15, -0.1) is 0 Å². The molecule has 3 aliphatic rings. The van der Waals surface area contributed by atoms with Gasteiger partial charge in [-0.1, -0.05) is 32.4 Å². The lowest BCUT2D eigenvalue weighted by Gasteiger charge is -2.31. The number of aliphatic imine (C=N–C) groups is 2. The first kappa shape index (κ1) is 92.7. The highest BCUT2D eigenvalue weighted by Gasteiger charge is 2.44. The maximum absolute atomic E-state index is 14.6. The van der Waals surface area contributed by atoms with E-state index in [4.69, 9.17) is 28.7 Å². The summed E-state index contributed by atoms with van der Waals surface area (Å²) < 4.78 is 16.8. The van der Waals surface area contributed by atoms with E-state index in [0.717, 1.165) is 17.1 Å². The standard InChI is InChI=1S/C64H103N22O23PS/c1-32(2)23-39(53(65)96)81-54(97)33(3)76-59(102)40(24-34-14-16-35(88)17-15-34)82-58(101)37(10-7-21-71-63(68)69)80-60(103)44-11-8-22-86(44)61(104)42(30-109-110(106,107)108)83-57(100)36(9-6-20-70-62(66)67)77-49(92)27-75-56(99)41(29-87)79-50(93)28-74-55(98)38(18-19-51(94)95)78-48(91)26-73-47(90)25-72-46(89)13-5-4-12-45-52-43(31-111-45)84-64(105)85-52/h14-17,32-33,36-45,52,87-88H,4-13,18-31H2,1-3H3,(H2,65,96)(H,72,89)(H,73,90)(H,74,98)(H,75,99)(H,76,102)(H,77,92)(H,78,91)(H,79,93)(H,80,103)(H,81,97)(H,82,101)(H,83,100)(H,94,95)(H4,66,67,70)(H4,68,69,71)(H2,84,85,105)(H2,106,107,108)/t33-,36-,37-,38-,39-,40-,41-,42-,43-,44-,45-,52-/m0/s1. The Morgan fingerprint density at radius 1 is 0.604 bits per heavy atom. The number of carbonyl (C=O) groups excluding carboxylic acids is 15. The van der Waals surface area contributed by atoms with Crippen LogP contribution in [0.2, 0.25) is 0 Å². The van der Waals surface area contributed by atoms with E-state index in [-0.39, 0.29) is 124 Å². The largest absolute Gasteiger partial charge is 0.508 e. The summed E-state index contributed by atoms with van der Waals surface area (Å²) in [6, 6.07) is -8.73. The zero-order chi connectivity index (χ0) is 82.7. The van der Waals surface area contributed by atoms with Crippen molar-refractivity contribution < 1.29 is 111 Å². The van der Waals surface area contributed by atoms with Crippen molar-refractivity contribution in [3.8, 4) is 5.75 Å². The first-order valence-electron chi connectivity index (χ1n) is 35.5. The first-order chi connectivity index (χ1) is 52.3. The summed E-state index contributed by atoms with van der Waals surface area (Å²) in [5, 5.41) is 63.4. The number of aromatic hydroxyl groups is 1. The van der Waals surface area contributed by atoms with Crippen molar-refractivity contribution >= 4 is 126 Å². The van der Waals surface area contributed by atoms with Crippen LogP contribution in [0.15, 0.2) is 34.3 Å². The molecule has 12 atom stereocenters. The van der Waals surface area contributed by atoms with E-state index in [1.54, 1.807) is 25.6 Å². The van der Waals surface area contributed by atoms with Crippen molar-refractivity contribution in [2.45, 2.75) is 182 Å². The number of phosphoric acid groups is 1. The van der Waals surface area contributed by atoms with Gasteiger partial charge in [0.1, 0.15) is 60.1 Å². The number of nitrogens with zero attached hydrogens (tertiary/aromatic N) is 3. The minimum atomic E-state index is -5.46. The van der Waals surface area contributed by atoms with E-state index in [0.29, 0.717) is 18.4 Å². The third-order valence-corrected chi connectivity index (χ3v) is 19.1. The molecule has 3 saturated heterocycles. The van der Waals surface area contributed by atoms with Gasteiger partial charge in [0.2, 0.25) is 82.7 Å². The van der Waals surface area contributed by atoms with E-state index in [9.17, 15) is 106 Å². The fraction of sp³-hybridized carbons (Fsp3) is 0.625. The number of phenols is 1. The van der Waals surface area contributed by atoms with Crippen LogP contribution in [0.3, 0.4) is 0 Å². The van der Waals surface area contributed by atoms with Crippen LogP contribution in [0.5, 0.6) is 5.75 Å². The Morgan fingerprint density at radius 3 is 1.68 bits per heavy atom.